The summed E-state index contributed by atoms with van der Waals surface area (Å²) >= 11 is 0. The van der Waals surface area contributed by atoms with E-state index in [4.69, 9.17) is 5.41 Å². The van der Waals surface area contributed by atoms with Gasteiger partial charge in [-0.05, 0) is 6.92 Å². The summed E-state index contributed by atoms with van der Waals surface area (Å²) in [5, 5.41) is 10.8. The molecular weight excluding hydrogens is 128 g/mol. The smallest absolute Gasteiger partial charge is 0.117 e. The van der Waals surface area contributed by atoms with Crippen LogP contribution >= 0.6 is 0 Å². The van der Waals surface area contributed by atoms with Crippen LogP contribution < -0.4 is 0 Å². The van der Waals surface area contributed by atoms with Crippen LogP contribution in [0.3, 0.4) is 0 Å². The van der Waals surface area contributed by atoms with Gasteiger partial charge in [-0.2, -0.15) is 5.10 Å². The van der Waals surface area contributed by atoms with Crippen molar-refractivity contribution in [2.45, 2.75) is 6.92 Å². The molecule has 1 aromatic heterocycles. The van der Waals surface area contributed by atoms with E-state index in [0.29, 0.717) is 5.69 Å². The molecule has 0 bridgehead atoms. The number of nitrogens with one attached hydrogen (secondary N) is 1. The highest BCUT2D eigenvalue weighted by Crippen LogP contribution is 1.92. The first-order valence-corrected chi connectivity index (χ1v) is 2.90. The van der Waals surface area contributed by atoms with Gasteiger partial charge < -0.3 is 5.41 Å². The lowest BCUT2D eigenvalue weighted by Gasteiger charge is -1.91. The van der Waals surface area contributed by atoms with E-state index < -0.39 is 0 Å². The highest BCUT2D eigenvalue weighted by molar-refractivity contribution is 5.74. The van der Waals surface area contributed by atoms with Crippen molar-refractivity contribution in [3.8, 4) is 0 Å². The molecule has 0 spiro atoms. The second kappa shape index (κ2) is 2.91. The number of rotatable bonds is 2. The summed E-state index contributed by atoms with van der Waals surface area (Å²) in [4.78, 5) is 3.81. The summed E-state index contributed by atoms with van der Waals surface area (Å²) in [6.45, 7) is 1.81. The van der Waals surface area contributed by atoms with E-state index in [2.05, 4.69) is 10.1 Å². The number of hydrogen-bond donors (Lipinski definition) is 1. The van der Waals surface area contributed by atoms with Crippen molar-refractivity contribution in [2.24, 2.45) is 5.10 Å². The molecule has 0 aromatic carbocycles. The minimum atomic E-state index is 0.679. The minimum Gasteiger partial charge on any atom is -0.306 e. The number of aromatic nitrogens is 2. The third kappa shape index (κ3) is 1.10. The zero-order chi connectivity index (χ0) is 7.40. The lowest BCUT2D eigenvalue weighted by Crippen LogP contribution is -1.91. The second-order valence-electron chi connectivity index (χ2n) is 1.68. The van der Waals surface area contributed by atoms with Gasteiger partial charge in [-0.1, -0.05) is 0 Å². The van der Waals surface area contributed by atoms with Crippen LogP contribution in [0.15, 0.2) is 17.6 Å². The summed E-state index contributed by atoms with van der Waals surface area (Å²) < 4.78 is 1.53. The molecule has 4 heteroatoms. The maximum Gasteiger partial charge on any atom is 0.117 e. The number of nitrogens with zero attached hydrogens (tertiary/aromatic N) is 3. The lowest BCUT2D eigenvalue weighted by molar-refractivity contribution is 0.872. The van der Waals surface area contributed by atoms with E-state index in [0.717, 1.165) is 0 Å². The van der Waals surface area contributed by atoms with Crippen LogP contribution in [0.1, 0.15) is 12.6 Å². The Balaban J connectivity index is 3.00. The molecule has 0 saturated carbocycles. The van der Waals surface area contributed by atoms with E-state index in [-0.39, 0.29) is 0 Å². The van der Waals surface area contributed by atoms with Gasteiger partial charge in [0, 0.05) is 12.4 Å². The molecule has 4 nitrogen and oxygen atoms in total. The predicted octanol–water partition coefficient (Wildman–Crippen LogP) is 0.735. The molecule has 1 rings (SSSR count). The zero-order valence-corrected chi connectivity index (χ0v) is 5.65. The fraction of sp³-hybridized carbons (Fsp3) is 0.167. The van der Waals surface area contributed by atoms with Gasteiger partial charge in [0.25, 0.3) is 0 Å². The van der Waals surface area contributed by atoms with Crippen LogP contribution in [0, 0.1) is 5.41 Å². The highest BCUT2D eigenvalue weighted by atomic mass is 15.4. The Bertz CT molecular complexity index is 248. The molecule has 0 unspecified atom stereocenters. The van der Waals surface area contributed by atoms with Gasteiger partial charge in [0.2, 0.25) is 0 Å². The monoisotopic (exact) mass is 136 g/mol. The van der Waals surface area contributed by atoms with E-state index in [1.54, 1.807) is 18.7 Å². The summed E-state index contributed by atoms with van der Waals surface area (Å²) in [6, 6.07) is 0. The molecule has 0 aliphatic carbocycles. The Morgan fingerprint density at radius 3 is 3.20 bits per heavy atom. The largest absolute Gasteiger partial charge is 0.306 e. The molecule has 0 amide bonds. The normalized spacial score (nSPS) is 10.5. The number of imidazole rings is 1. The van der Waals surface area contributed by atoms with Gasteiger partial charge in [-0.25, -0.2) is 9.66 Å². The van der Waals surface area contributed by atoms with Crippen molar-refractivity contribution in [2.75, 3.05) is 0 Å². The molecule has 0 radical (unpaired) electrons. The van der Waals surface area contributed by atoms with Crippen LogP contribution in [0.25, 0.3) is 0 Å². The first kappa shape index (κ1) is 6.67. The Morgan fingerprint density at radius 1 is 1.80 bits per heavy atom. The number of hydrogen-bond acceptors (Lipinski definition) is 3. The van der Waals surface area contributed by atoms with Gasteiger partial charge in [-0.3, -0.25) is 0 Å². The second-order valence-corrected chi connectivity index (χ2v) is 1.68. The van der Waals surface area contributed by atoms with Crippen molar-refractivity contribution in [3.63, 3.8) is 0 Å². The SMILES string of the molecule is C/C=N\n1cncc1C=N. The molecular formula is C6H8N4. The van der Waals surface area contributed by atoms with Crippen molar-refractivity contribution in [1.29, 1.82) is 5.41 Å². The summed E-state index contributed by atoms with van der Waals surface area (Å²) in [5.74, 6) is 0. The Morgan fingerprint density at radius 2 is 2.60 bits per heavy atom. The average Bonchev–Trinajstić information content (AvgIpc) is 2.36. The summed E-state index contributed by atoms with van der Waals surface area (Å²) in [6.07, 6.45) is 6.00. The Labute approximate surface area is 58.7 Å². The fourth-order valence-electron chi connectivity index (χ4n) is 0.623. The van der Waals surface area contributed by atoms with Crippen LogP contribution in [-0.4, -0.2) is 22.1 Å². The molecule has 0 atom stereocenters. The third-order valence-corrected chi connectivity index (χ3v) is 1.04. The standard InChI is InChI=1S/C6H8N4/c1-2-9-10-5-8-4-6(10)3-7/h2-5,7H,1H3/b7-3?,9-2-. The third-order valence-electron chi connectivity index (χ3n) is 1.04. The van der Waals surface area contributed by atoms with Crippen LogP contribution in [-0.2, 0) is 0 Å². The molecule has 0 aliphatic heterocycles. The van der Waals surface area contributed by atoms with Gasteiger partial charge in [-0.15, -0.1) is 0 Å². The fourth-order valence-corrected chi connectivity index (χ4v) is 0.623. The molecule has 1 heterocycles. The maximum absolute atomic E-state index is 6.92. The zero-order valence-electron chi connectivity index (χ0n) is 5.65. The van der Waals surface area contributed by atoms with Crippen LogP contribution in [0.2, 0.25) is 0 Å². The van der Waals surface area contributed by atoms with E-state index in [1.807, 2.05) is 6.92 Å². The summed E-state index contributed by atoms with van der Waals surface area (Å²) in [7, 11) is 0. The molecule has 0 saturated heterocycles. The molecule has 1 N–H and O–H groups in total. The molecule has 10 heavy (non-hydrogen) atoms. The van der Waals surface area contributed by atoms with E-state index in [1.165, 1.54) is 10.9 Å². The Kier molecular flexibility index (Phi) is 1.94. The molecule has 0 fully saturated rings. The first-order valence-electron chi connectivity index (χ1n) is 2.90. The average molecular weight is 136 g/mol. The van der Waals surface area contributed by atoms with Crippen LogP contribution in [0.4, 0.5) is 0 Å². The minimum absolute atomic E-state index is 0.679. The maximum atomic E-state index is 6.92. The quantitative estimate of drug-likeness (QED) is 0.599. The van der Waals surface area contributed by atoms with Crippen molar-refractivity contribution in [1.82, 2.24) is 9.66 Å². The molecule has 1 aromatic rings. The van der Waals surface area contributed by atoms with E-state index in [9.17, 15) is 0 Å². The molecule has 52 valence electrons. The summed E-state index contributed by atoms with van der Waals surface area (Å²) in [5.41, 5.74) is 0.679. The first-order chi connectivity index (χ1) is 4.88. The van der Waals surface area contributed by atoms with Gasteiger partial charge in [0.05, 0.1) is 6.20 Å². The van der Waals surface area contributed by atoms with Gasteiger partial charge >= 0.3 is 0 Å². The Hall–Kier alpha value is -1.45. The van der Waals surface area contributed by atoms with Crippen LogP contribution in [0.5, 0.6) is 0 Å². The molecule has 0 aliphatic rings. The lowest BCUT2D eigenvalue weighted by atomic mass is 10.5. The van der Waals surface area contributed by atoms with Gasteiger partial charge in [0.1, 0.15) is 12.0 Å². The van der Waals surface area contributed by atoms with Crippen molar-refractivity contribution < 1.29 is 0 Å². The van der Waals surface area contributed by atoms with Crippen molar-refractivity contribution in [3.05, 3.63) is 18.2 Å². The van der Waals surface area contributed by atoms with Gasteiger partial charge in [0.15, 0.2) is 0 Å². The topological polar surface area (TPSA) is 54.0 Å². The highest BCUT2D eigenvalue weighted by Gasteiger charge is 1.92. The van der Waals surface area contributed by atoms with E-state index >= 15 is 0 Å². The van der Waals surface area contributed by atoms with Crippen molar-refractivity contribution >= 4 is 12.4 Å². The predicted molar refractivity (Wildman–Crippen MR) is 39.7 cm³/mol.